The number of aromatic hydroxyl groups is 5. The average molecular weight is 1550 g/mol. The Kier molecular flexibility index (Phi) is 16.5. The number of ether oxygens (including phenoxy) is 1. The molecule has 0 bridgehead atoms. The quantitative estimate of drug-likeness (QED) is 0.0780. The molecule has 0 radical (unpaired) electrons. The lowest BCUT2D eigenvalue weighted by atomic mass is 9.81. The van der Waals surface area contributed by atoms with Crippen molar-refractivity contribution in [3.63, 3.8) is 0 Å². The Morgan fingerprint density at radius 3 is 1.21 bits per heavy atom. The topological polar surface area (TPSA) is 110 Å². The summed E-state index contributed by atoms with van der Waals surface area (Å²) in [5, 5.41) is 54.3. The van der Waals surface area contributed by atoms with Gasteiger partial charge in [0.05, 0.1) is 21.4 Å². The van der Waals surface area contributed by atoms with Crippen LogP contribution in [0.5, 0.6) is 40.2 Å². The molecule has 1 aliphatic carbocycles. The molecule has 7 aromatic rings. The van der Waals surface area contributed by atoms with Gasteiger partial charge in [-0.2, -0.15) is 0 Å². The molecule has 1 aliphatic rings. The summed E-state index contributed by atoms with van der Waals surface area (Å²) in [6.45, 7) is 3.84. The number of benzene rings is 7. The molecule has 8 rings (SSSR count). The predicted molar refractivity (Wildman–Crippen MR) is 315 cm³/mol. The van der Waals surface area contributed by atoms with E-state index >= 15 is 0 Å². The zero-order valence-corrected chi connectivity index (χ0v) is 49.0. The van der Waals surface area contributed by atoms with Gasteiger partial charge in [0.15, 0.2) is 0 Å². The number of phenolic OH excluding ortho intramolecular Hbond substituents is 5. The van der Waals surface area contributed by atoms with Gasteiger partial charge < -0.3 is 30.3 Å². The monoisotopic (exact) mass is 1550 g/mol. The fourth-order valence-electron chi connectivity index (χ4n) is 9.02. The van der Waals surface area contributed by atoms with Gasteiger partial charge in [-0.15, -0.1) is 0 Å². The van der Waals surface area contributed by atoms with Crippen molar-refractivity contribution in [3.8, 4) is 51.4 Å². The van der Waals surface area contributed by atoms with E-state index in [4.69, 9.17) is 4.74 Å². The summed E-state index contributed by atoms with van der Waals surface area (Å²) in [5.41, 5.74) is 12.8. The molecule has 7 aromatic carbocycles. The highest BCUT2D eigenvalue weighted by Crippen LogP contribution is 2.42. The molecular formula is C54H46I6O6. The van der Waals surface area contributed by atoms with E-state index in [9.17, 15) is 25.5 Å². The second-order valence-electron chi connectivity index (χ2n) is 17.3. The predicted octanol–water partition coefficient (Wildman–Crippen LogP) is 16.3. The minimum Gasteiger partial charge on any atom is -0.507 e. The van der Waals surface area contributed by atoms with E-state index in [0.717, 1.165) is 107 Å². The van der Waals surface area contributed by atoms with Crippen LogP contribution in [0.4, 0.5) is 0 Å². The number of halogens is 6. The van der Waals surface area contributed by atoms with Gasteiger partial charge in [0.1, 0.15) is 40.2 Å². The van der Waals surface area contributed by atoms with Crippen molar-refractivity contribution in [1.29, 1.82) is 0 Å². The lowest BCUT2D eigenvalue weighted by Gasteiger charge is -2.25. The van der Waals surface area contributed by atoms with E-state index in [-0.39, 0.29) is 17.2 Å². The molecule has 0 aromatic heterocycles. The van der Waals surface area contributed by atoms with E-state index in [1.807, 2.05) is 50.2 Å². The molecule has 0 amide bonds. The third-order valence-corrected chi connectivity index (χ3v) is 17.3. The molecule has 66 heavy (non-hydrogen) atoms. The van der Waals surface area contributed by atoms with Crippen LogP contribution in [0.2, 0.25) is 0 Å². The van der Waals surface area contributed by atoms with E-state index < -0.39 is 0 Å². The molecule has 340 valence electrons. The first-order chi connectivity index (χ1) is 31.5. The molecule has 0 unspecified atom stereocenters. The maximum Gasteiger partial charge on any atom is 0.142 e. The van der Waals surface area contributed by atoms with Crippen LogP contribution in [0.1, 0.15) is 99.2 Å². The molecule has 1 saturated carbocycles. The Bertz CT molecular complexity index is 2730. The lowest BCUT2D eigenvalue weighted by molar-refractivity contribution is 0.440. The first-order valence-electron chi connectivity index (χ1n) is 21.6. The van der Waals surface area contributed by atoms with Crippen LogP contribution >= 0.6 is 136 Å². The molecule has 0 heterocycles. The van der Waals surface area contributed by atoms with Crippen molar-refractivity contribution in [2.75, 3.05) is 0 Å². The Labute approximate surface area is 468 Å². The van der Waals surface area contributed by atoms with Crippen LogP contribution in [-0.2, 0) is 25.7 Å². The smallest absolute Gasteiger partial charge is 0.142 e. The average Bonchev–Trinajstić information content (AvgIpc) is 3.28. The molecule has 5 N–H and O–H groups in total. The van der Waals surface area contributed by atoms with E-state index in [1.54, 1.807) is 0 Å². The second-order valence-corrected chi connectivity index (χ2v) is 24.3. The maximum atomic E-state index is 11.9. The molecule has 6 nitrogen and oxygen atoms in total. The first kappa shape index (κ1) is 50.1. The standard InChI is InChI=1S/C54H46I6O6/c1-28-12-30(18-43(55)49(28)61)14-38-24-36(25-39(51(38)63)15-32-20-45(57)52(64)46(58)21-32)35-8-10-42(11-9-35)66-54-40(16-31-13-29(2)50(62)44(56)19-31)26-37(34-6-4-3-5-7-34)27-41(54)17-33-22-47(59)53(65)48(60)23-33/h8-13,18-27,34,61-65H,3-7,14-17H2,1-2H3. The van der Waals surface area contributed by atoms with Gasteiger partial charge in [-0.05, 0) is 301 Å². The Morgan fingerprint density at radius 1 is 0.424 bits per heavy atom. The fraction of sp³-hybridized carbons (Fsp3) is 0.222. The molecular weight excluding hydrogens is 1510 g/mol. The largest absolute Gasteiger partial charge is 0.507 e. The van der Waals surface area contributed by atoms with Gasteiger partial charge in [0.2, 0.25) is 0 Å². The highest BCUT2D eigenvalue weighted by Gasteiger charge is 2.23. The summed E-state index contributed by atoms with van der Waals surface area (Å²) < 4.78 is 11.8. The number of hydrogen-bond acceptors (Lipinski definition) is 6. The molecule has 0 aliphatic heterocycles. The summed E-state index contributed by atoms with van der Waals surface area (Å²) in [7, 11) is 0. The number of rotatable bonds is 12. The molecule has 0 atom stereocenters. The zero-order chi connectivity index (χ0) is 47.0. The highest BCUT2D eigenvalue weighted by molar-refractivity contribution is 14.1. The van der Waals surface area contributed by atoms with Crippen molar-refractivity contribution in [2.45, 2.75) is 77.6 Å². The minimum absolute atomic E-state index is 0.228. The van der Waals surface area contributed by atoms with Crippen molar-refractivity contribution >= 4 is 136 Å². The first-order valence-corrected chi connectivity index (χ1v) is 28.1. The Morgan fingerprint density at radius 2 is 0.803 bits per heavy atom. The maximum absolute atomic E-state index is 11.9. The molecule has 1 fully saturated rings. The van der Waals surface area contributed by atoms with Crippen LogP contribution in [-0.4, -0.2) is 25.5 Å². The van der Waals surface area contributed by atoms with Gasteiger partial charge in [-0.25, -0.2) is 0 Å². The van der Waals surface area contributed by atoms with Gasteiger partial charge in [0, 0.05) is 25.7 Å². The van der Waals surface area contributed by atoms with Crippen LogP contribution in [0.3, 0.4) is 0 Å². The van der Waals surface area contributed by atoms with E-state index in [2.05, 4.69) is 196 Å². The third-order valence-electron chi connectivity index (χ3n) is 12.4. The van der Waals surface area contributed by atoms with Crippen LogP contribution in [0.15, 0.2) is 97.1 Å². The van der Waals surface area contributed by atoms with Gasteiger partial charge in [-0.1, -0.05) is 55.7 Å². The summed E-state index contributed by atoms with van der Waals surface area (Å²) in [6.07, 6.45) is 8.21. The Balaban J connectivity index is 1.21. The van der Waals surface area contributed by atoms with Crippen molar-refractivity contribution in [1.82, 2.24) is 0 Å². The zero-order valence-electron chi connectivity index (χ0n) is 36.1. The minimum atomic E-state index is 0.228. The SMILES string of the molecule is Cc1cc(Cc2cc(-c3ccc(Oc4c(Cc5cc(C)c(O)c(I)c5)cc(C5CCCCC5)cc4Cc4cc(I)c(O)c(I)c4)cc3)cc(Cc3cc(I)c(O)c(I)c3)c2O)cc(I)c1O. The number of phenols is 5. The van der Waals surface area contributed by atoms with Crippen molar-refractivity contribution < 1.29 is 30.3 Å². The van der Waals surface area contributed by atoms with Gasteiger partial charge in [0.25, 0.3) is 0 Å². The normalized spacial score (nSPS) is 13.0. The van der Waals surface area contributed by atoms with Crippen LogP contribution in [0.25, 0.3) is 11.1 Å². The van der Waals surface area contributed by atoms with E-state index in [0.29, 0.717) is 48.8 Å². The van der Waals surface area contributed by atoms with Crippen LogP contribution in [0, 0.1) is 35.3 Å². The molecule has 0 spiro atoms. The summed E-state index contributed by atoms with van der Waals surface area (Å²) in [6, 6.07) is 33.1. The molecule has 0 saturated heterocycles. The van der Waals surface area contributed by atoms with Crippen LogP contribution < -0.4 is 4.74 Å². The highest BCUT2D eigenvalue weighted by atomic mass is 127. The fourth-order valence-corrected chi connectivity index (χ4v) is 14.5. The summed E-state index contributed by atoms with van der Waals surface area (Å²) in [4.78, 5) is 0. The van der Waals surface area contributed by atoms with Gasteiger partial charge >= 0.3 is 0 Å². The third kappa shape index (κ3) is 11.7. The second kappa shape index (κ2) is 21.8. The number of aryl methyl sites for hydroxylation is 2. The van der Waals surface area contributed by atoms with Crippen molar-refractivity contribution in [2.24, 2.45) is 0 Å². The summed E-state index contributed by atoms with van der Waals surface area (Å²) in [5.74, 6) is 3.34. The van der Waals surface area contributed by atoms with Gasteiger partial charge in [-0.3, -0.25) is 0 Å². The van der Waals surface area contributed by atoms with Crippen molar-refractivity contribution in [3.05, 3.63) is 180 Å². The summed E-state index contributed by atoms with van der Waals surface area (Å²) >= 11 is 13.1. The molecule has 12 heteroatoms. The lowest BCUT2D eigenvalue weighted by Crippen LogP contribution is -2.08. The van der Waals surface area contributed by atoms with E-state index in [1.165, 1.54) is 24.8 Å². The Hall–Kier alpha value is -2.28. The number of hydrogen-bond donors (Lipinski definition) is 5.